The molecule has 4 bridgehead atoms. The molecule has 0 amide bonds. The molecule has 4 aliphatic carbocycles. The molecule has 4 fully saturated rings. The van der Waals surface area contributed by atoms with Gasteiger partial charge in [0.15, 0.2) is 0 Å². The molecule has 0 heterocycles. The second-order valence-electron chi connectivity index (χ2n) is 10.7. The van der Waals surface area contributed by atoms with Crippen molar-refractivity contribution in [3.63, 3.8) is 0 Å². The van der Waals surface area contributed by atoms with Gasteiger partial charge in [0.05, 0.1) is 11.3 Å². The lowest BCUT2D eigenvalue weighted by molar-refractivity contribution is -0.334. The largest absolute Gasteiger partial charge is 0.459 e. The molecule has 4 saturated carbocycles. The predicted octanol–water partition coefficient (Wildman–Crippen LogP) is 5.14. The summed E-state index contributed by atoms with van der Waals surface area (Å²) in [6.45, 7) is 3.20. The molecule has 4 rings (SSSR count). The fourth-order valence-corrected chi connectivity index (χ4v) is 7.55. The lowest BCUT2D eigenvalue weighted by Gasteiger charge is -2.60. The van der Waals surface area contributed by atoms with Gasteiger partial charge in [-0.25, -0.2) is 0 Å². The lowest BCUT2D eigenvalue weighted by Crippen LogP contribution is -2.73. The van der Waals surface area contributed by atoms with Crippen molar-refractivity contribution in [1.29, 1.82) is 0 Å². The van der Waals surface area contributed by atoms with Crippen molar-refractivity contribution < 1.29 is 71.5 Å². The monoisotopic (exact) mass is 592 g/mol. The van der Waals surface area contributed by atoms with Crippen molar-refractivity contribution >= 4 is 22.1 Å². The van der Waals surface area contributed by atoms with E-state index in [1.165, 1.54) is 6.92 Å². The van der Waals surface area contributed by atoms with Crippen LogP contribution in [0.1, 0.15) is 58.8 Å². The van der Waals surface area contributed by atoms with Crippen LogP contribution >= 0.6 is 0 Å². The smallest absolute Gasteiger partial charge is 0.427 e. The standard InChI is InChI=1S/C21H25F9O7S/c1-3-10(2)13(31)37-17-7-11-4-12(8-17)6-16(5-11,9-17)15(32)36-14(19(22,23)24)18(20(25,26)27,21(28,29)30)38(33,34)35/h10-12,14H,3-9H2,1-2H3,(H,33,34,35). The van der Waals surface area contributed by atoms with Crippen LogP contribution in [0.2, 0.25) is 0 Å². The van der Waals surface area contributed by atoms with Crippen LogP contribution in [0.4, 0.5) is 39.5 Å². The van der Waals surface area contributed by atoms with Crippen molar-refractivity contribution in [1.82, 2.24) is 0 Å². The first-order valence-corrected chi connectivity index (χ1v) is 13.0. The molecule has 4 atom stereocenters. The summed E-state index contributed by atoms with van der Waals surface area (Å²) in [6.07, 6.45) is -26.6. The number of hydrogen-bond acceptors (Lipinski definition) is 6. The van der Waals surface area contributed by atoms with Gasteiger partial charge in [0, 0.05) is 6.42 Å². The summed E-state index contributed by atoms with van der Waals surface area (Å²) in [5.41, 5.74) is -3.46. The van der Waals surface area contributed by atoms with Crippen molar-refractivity contribution in [2.24, 2.45) is 23.2 Å². The number of rotatable bonds is 7. The van der Waals surface area contributed by atoms with Crippen LogP contribution in [-0.4, -0.2) is 59.9 Å². The van der Waals surface area contributed by atoms with Crippen molar-refractivity contribution in [2.75, 3.05) is 0 Å². The number of hydrogen-bond donors (Lipinski definition) is 1. The fourth-order valence-electron chi connectivity index (χ4n) is 6.52. The van der Waals surface area contributed by atoms with Crippen LogP contribution in [0.25, 0.3) is 0 Å². The van der Waals surface area contributed by atoms with E-state index in [2.05, 4.69) is 4.74 Å². The summed E-state index contributed by atoms with van der Waals surface area (Å²) in [5, 5.41) is 0. The molecular formula is C21H25F9O7S. The molecule has 0 aliphatic heterocycles. The molecular weight excluding hydrogens is 567 g/mol. The first kappa shape index (κ1) is 30.8. The first-order chi connectivity index (χ1) is 16.9. The molecule has 220 valence electrons. The van der Waals surface area contributed by atoms with E-state index < -0.39 is 86.6 Å². The highest BCUT2D eigenvalue weighted by molar-refractivity contribution is 7.87. The minimum Gasteiger partial charge on any atom is -0.459 e. The Labute approximate surface area is 211 Å². The van der Waals surface area contributed by atoms with E-state index in [1.54, 1.807) is 6.92 Å². The molecule has 4 aliphatic rings. The van der Waals surface area contributed by atoms with Gasteiger partial charge in [0.25, 0.3) is 10.1 Å². The van der Waals surface area contributed by atoms with E-state index in [1.807, 2.05) is 0 Å². The Morgan fingerprint density at radius 2 is 1.42 bits per heavy atom. The molecule has 38 heavy (non-hydrogen) atoms. The third-order valence-electron chi connectivity index (χ3n) is 7.91. The van der Waals surface area contributed by atoms with E-state index in [0.29, 0.717) is 12.8 Å². The van der Waals surface area contributed by atoms with Gasteiger partial charge in [-0.3, -0.25) is 14.1 Å². The van der Waals surface area contributed by atoms with Gasteiger partial charge in [-0.1, -0.05) is 13.8 Å². The molecule has 0 aromatic heterocycles. The Morgan fingerprint density at radius 1 is 0.947 bits per heavy atom. The van der Waals surface area contributed by atoms with Gasteiger partial charge >= 0.3 is 35.2 Å². The molecule has 17 heteroatoms. The molecule has 1 N–H and O–H groups in total. The molecule has 7 nitrogen and oxygen atoms in total. The molecule has 0 aromatic carbocycles. The second kappa shape index (κ2) is 9.13. The zero-order chi connectivity index (χ0) is 29.3. The van der Waals surface area contributed by atoms with Gasteiger partial charge in [0.2, 0.25) is 6.10 Å². The fraction of sp³-hybridized carbons (Fsp3) is 0.905. The zero-order valence-electron chi connectivity index (χ0n) is 20.0. The van der Waals surface area contributed by atoms with E-state index in [0.717, 1.165) is 0 Å². The summed E-state index contributed by atoms with van der Waals surface area (Å²) in [4.78, 5) is 25.6. The maximum absolute atomic E-state index is 13.8. The normalized spacial score (nSPS) is 31.6. The minimum atomic E-state index is -7.68. The van der Waals surface area contributed by atoms with Crippen LogP contribution in [0.3, 0.4) is 0 Å². The molecule has 0 spiro atoms. The Morgan fingerprint density at radius 3 is 1.79 bits per heavy atom. The summed E-state index contributed by atoms with van der Waals surface area (Å²) in [5.74, 6) is -4.36. The third-order valence-corrected chi connectivity index (χ3v) is 9.40. The highest BCUT2D eigenvalue weighted by Gasteiger charge is 2.88. The van der Waals surface area contributed by atoms with Gasteiger partial charge in [-0.05, 0) is 50.4 Å². The second-order valence-corrected chi connectivity index (χ2v) is 12.3. The van der Waals surface area contributed by atoms with Gasteiger partial charge in [0.1, 0.15) is 5.60 Å². The van der Waals surface area contributed by atoms with Crippen LogP contribution in [0, 0.1) is 23.2 Å². The number of halogens is 9. The molecule has 4 unspecified atom stereocenters. The Balaban J connectivity index is 2.08. The number of alkyl halides is 9. The predicted molar refractivity (Wildman–Crippen MR) is 108 cm³/mol. The summed E-state index contributed by atoms with van der Waals surface area (Å²) < 4.78 is 158. The highest BCUT2D eigenvalue weighted by Crippen LogP contribution is 2.64. The third kappa shape index (κ3) is 4.85. The van der Waals surface area contributed by atoms with Crippen molar-refractivity contribution in [2.45, 2.75) is 93.8 Å². The quantitative estimate of drug-likeness (QED) is 0.248. The maximum Gasteiger partial charge on any atom is 0.427 e. The molecule has 0 saturated heterocycles. The minimum absolute atomic E-state index is 0.184. The van der Waals surface area contributed by atoms with Crippen LogP contribution < -0.4 is 0 Å². The summed E-state index contributed by atoms with van der Waals surface area (Å²) >= 11 is 0. The number of esters is 2. The first-order valence-electron chi connectivity index (χ1n) is 11.6. The van der Waals surface area contributed by atoms with E-state index in [4.69, 9.17) is 9.29 Å². The van der Waals surface area contributed by atoms with E-state index >= 15 is 0 Å². The lowest BCUT2D eigenvalue weighted by atomic mass is 9.48. The summed E-state index contributed by atoms with van der Waals surface area (Å²) in [7, 11) is -7.68. The number of carbonyl (C=O) groups is 2. The average Bonchev–Trinajstić information content (AvgIpc) is 2.67. The van der Waals surface area contributed by atoms with Crippen LogP contribution in [0.15, 0.2) is 0 Å². The van der Waals surface area contributed by atoms with Crippen molar-refractivity contribution in [3.05, 3.63) is 0 Å². The van der Waals surface area contributed by atoms with Gasteiger partial charge in [-0.2, -0.15) is 47.9 Å². The van der Waals surface area contributed by atoms with Crippen molar-refractivity contribution in [3.8, 4) is 0 Å². The number of carbonyl (C=O) groups excluding carboxylic acids is 2. The number of ether oxygens (including phenoxy) is 2. The van der Waals surface area contributed by atoms with Gasteiger partial charge in [-0.15, -0.1) is 0 Å². The Bertz CT molecular complexity index is 1040. The topological polar surface area (TPSA) is 107 Å². The molecule has 0 aromatic rings. The van der Waals surface area contributed by atoms with Crippen LogP contribution in [0.5, 0.6) is 0 Å². The van der Waals surface area contributed by atoms with E-state index in [9.17, 15) is 57.5 Å². The highest BCUT2D eigenvalue weighted by atomic mass is 32.2. The maximum atomic E-state index is 13.8. The van der Waals surface area contributed by atoms with Gasteiger partial charge < -0.3 is 9.47 Å². The average molecular weight is 592 g/mol. The summed E-state index contributed by atoms with van der Waals surface area (Å²) in [6, 6.07) is 0. The van der Waals surface area contributed by atoms with Crippen LogP contribution in [-0.2, 0) is 29.2 Å². The molecule has 0 radical (unpaired) electrons. The Hall–Kier alpha value is -1.78. The Kier molecular flexibility index (Phi) is 7.39. The van der Waals surface area contributed by atoms with E-state index in [-0.39, 0.29) is 25.7 Å². The zero-order valence-corrected chi connectivity index (χ0v) is 20.8. The SMILES string of the molecule is CCC(C)C(=O)OC12CC3CC(C1)CC(C(=O)OC(C(F)(F)F)C(C(F)(F)F)(C(F)(F)F)S(=O)(=O)O)(C3)C2.